The van der Waals surface area contributed by atoms with Gasteiger partial charge in [-0.15, -0.1) is 0 Å². The minimum Gasteiger partial charge on any atom is -0.310 e. The Kier molecular flexibility index (Phi) is 5.45. The summed E-state index contributed by atoms with van der Waals surface area (Å²) in [6, 6.07) is 7.75. The standard InChI is InChI=1S/C15H18ClN3OS/c1-9(2)17-8-11-4-5-12(7-13(11)16)21-15-18-10(3)6-14(20)19-15/h4-7,9,17H,8H2,1-3H3,(H,18,19,20). The molecule has 21 heavy (non-hydrogen) atoms. The van der Waals surface area contributed by atoms with Crippen molar-refractivity contribution in [2.45, 2.75) is 43.4 Å². The summed E-state index contributed by atoms with van der Waals surface area (Å²) >= 11 is 7.69. The SMILES string of the molecule is Cc1cc(=O)[nH]c(Sc2ccc(CNC(C)C)c(Cl)c2)n1. The summed E-state index contributed by atoms with van der Waals surface area (Å²) in [5.74, 6) is 0. The Morgan fingerprint density at radius 1 is 1.38 bits per heavy atom. The van der Waals surface area contributed by atoms with Crippen molar-refractivity contribution in [1.82, 2.24) is 15.3 Å². The smallest absolute Gasteiger partial charge is 0.251 e. The average molecular weight is 324 g/mol. The van der Waals surface area contributed by atoms with Crippen LogP contribution in [0.25, 0.3) is 0 Å². The fourth-order valence-corrected chi connectivity index (χ4v) is 2.95. The Balaban J connectivity index is 2.14. The van der Waals surface area contributed by atoms with Gasteiger partial charge in [0.1, 0.15) is 0 Å². The van der Waals surface area contributed by atoms with Gasteiger partial charge in [-0.25, -0.2) is 4.98 Å². The summed E-state index contributed by atoms with van der Waals surface area (Å²) in [6.07, 6.45) is 0. The van der Waals surface area contributed by atoms with Crippen LogP contribution in [-0.2, 0) is 6.54 Å². The number of rotatable bonds is 5. The molecular formula is C15H18ClN3OS. The van der Waals surface area contributed by atoms with Crippen LogP contribution in [0, 0.1) is 6.92 Å². The van der Waals surface area contributed by atoms with Crippen LogP contribution in [0.2, 0.25) is 5.02 Å². The lowest BCUT2D eigenvalue weighted by Gasteiger charge is -2.10. The van der Waals surface area contributed by atoms with Crippen molar-refractivity contribution in [1.29, 1.82) is 0 Å². The van der Waals surface area contributed by atoms with Crippen LogP contribution < -0.4 is 10.9 Å². The van der Waals surface area contributed by atoms with Crippen LogP contribution in [0.5, 0.6) is 0 Å². The first-order valence-electron chi connectivity index (χ1n) is 6.71. The predicted octanol–water partition coefficient (Wildman–Crippen LogP) is 3.38. The number of aryl methyl sites for hydroxylation is 1. The van der Waals surface area contributed by atoms with Gasteiger partial charge in [-0.3, -0.25) is 4.79 Å². The Morgan fingerprint density at radius 3 is 2.76 bits per heavy atom. The zero-order chi connectivity index (χ0) is 15.4. The fraction of sp³-hybridized carbons (Fsp3) is 0.333. The molecule has 6 heteroatoms. The number of H-pyrrole nitrogens is 1. The monoisotopic (exact) mass is 323 g/mol. The number of nitrogens with zero attached hydrogens (tertiary/aromatic N) is 1. The van der Waals surface area contributed by atoms with Crippen molar-refractivity contribution >= 4 is 23.4 Å². The second-order valence-corrected chi connectivity index (χ2v) is 6.55. The predicted molar refractivity (Wildman–Crippen MR) is 87.1 cm³/mol. The quantitative estimate of drug-likeness (QED) is 0.828. The van der Waals surface area contributed by atoms with Crippen LogP contribution in [0.3, 0.4) is 0 Å². The number of benzene rings is 1. The zero-order valence-corrected chi connectivity index (χ0v) is 13.8. The summed E-state index contributed by atoms with van der Waals surface area (Å²) in [6.45, 7) is 6.73. The van der Waals surface area contributed by atoms with E-state index in [2.05, 4.69) is 29.1 Å². The number of hydrogen-bond acceptors (Lipinski definition) is 4. The Morgan fingerprint density at radius 2 is 2.14 bits per heavy atom. The van der Waals surface area contributed by atoms with Crippen molar-refractivity contribution < 1.29 is 0 Å². The Bertz CT molecular complexity index is 685. The van der Waals surface area contributed by atoms with Gasteiger partial charge in [0, 0.05) is 34.3 Å². The van der Waals surface area contributed by atoms with E-state index in [1.807, 2.05) is 18.2 Å². The second kappa shape index (κ2) is 7.11. The summed E-state index contributed by atoms with van der Waals surface area (Å²) in [5, 5.41) is 4.62. The summed E-state index contributed by atoms with van der Waals surface area (Å²) in [4.78, 5) is 19.4. The third-order valence-electron chi connectivity index (χ3n) is 2.79. The summed E-state index contributed by atoms with van der Waals surface area (Å²) < 4.78 is 0. The van der Waals surface area contributed by atoms with E-state index in [1.54, 1.807) is 6.92 Å². The zero-order valence-electron chi connectivity index (χ0n) is 12.2. The number of aromatic nitrogens is 2. The van der Waals surface area contributed by atoms with E-state index in [0.29, 0.717) is 21.9 Å². The molecule has 0 spiro atoms. The van der Waals surface area contributed by atoms with Crippen LogP contribution in [0.15, 0.2) is 39.1 Å². The molecule has 0 aliphatic heterocycles. The molecule has 0 saturated heterocycles. The molecule has 0 unspecified atom stereocenters. The molecule has 2 N–H and O–H groups in total. The average Bonchev–Trinajstić information content (AvgIpc) is 2.36. The second-order valence-electron chi connectivity index (χ2n) is 5.08. The molecule has 0 saturated carbocycles. The third-order valence-corrected chi connectivity index (χ3v) is 4.02. The molecular weight excluding hydrogens is 306 g/mol. The van der Waals surface area contributed by atoms with E-state index in [1.165, 1.54) is 17.8 Å². The van der Waals surface area contributed by atoms with Gasteiger partial charge >= 0.3 is 0 Å². The number of halogens is 1. The van der Waals surface area contributed by atoms with E-state index in [-0.39, 0.29) is 5.56 Å². The highest BCUT2D eigenvalue weighted by Gasteiger charge is 2.06. The van der Waals surface area contributed by atoms with Gasteiger partial charge in [0.15, 0.2) is 5.16 Å². The highest BCUT2D eigenvalue weighted by molar-refractivity contribution is 7.99. The highest BCUT2D eigenvalue weighted by atomic mass is 35.5. The molecule has 0 atom stereocenters. The molecule has 0 aliphatic carbocycles. The van der Waals surface area contributed by atoms with Gasteiger partial charge < -0.3 is 10.3 Å². The molecule has 0 bridgehead atoms. The van der Waals surface area contributed by atoms with Gasteiger partial charge in [-0.1, -0.05) is 43.3 Å². The van der Waals surface area contributed by atoms with Crippen LogP contribution in [-0.4, -0.2) is 16.0 Å². The molecule has 0 fully saturated rings. The maximum atomic E-state index is 11.4. The maximum absolute atomic E-state index is 11.4. The number of hydrogen-bond donors (Lipinski definition) is 2. The first-order chi connectivity index (χ1) is 9.94. The molecule has 0 radical (unpaired) electrons. The lowest BCUT2D eigenvalue weighted by atomic mass is 10.2. The minimum absolute atomic E-state index is 0.145. The van der Waals surface area contributed by atoms with E-state index in [4.69, 9.17) is 11.6 Å². The van der Waals surface area contributed by atoms with E-state index >= 15 is 0 Å². The molecule has 4 nitrogen and oxygen atoms in total. The normalized spacial score (nSPS) is 11.1. The molecule has 2 rings (SSSR count). The van der Waals surface area contributed by atoms with Crippen molar-refractivity contribution in [2.75, 3.05) is 0 Å². The Labute approximate surface area is 133 Å². The van der Waals surface area contributed by atoms with Crippen molar-refractivity contribution in [2.24, 2.45) is 0 Å². The van der Waals surface area contributed by atoms with Gasteiger partial charge in [0.25, 0.3) is 5.56 Å². The van der Waals surface area contributed by atoms with Crippen molar-refractivity contribution in [3.05, 3.63) is 50.9 Å². The van der Waals surface area contributed by atoms with E-state index < -0.39 is 0 Å². The van der Waals surface area contributed by atoms with Crippen LogP contribution in [0.1, 0.15) is 25.1 Å². The fourth-order valence-electron chi connectivity index (χ4n) is 1.76. The topological polar surface area (TPSA) is 57.8 Å². The molecule has 1 aromatic carbocycles. The van der Waals surface area contributed by atoms with Gasteiger partial charge in [0.05, 0.1) is 0 Å². The van der Waals surface area contributed by atoms with Gasteiger partial charge in [-0.05, 0) is 24.6 Å². The largest absolute Gasteiger partial charge is 0.310 e. The number of nitrogens with one attached hydrogen (secondary N) is 2. The summed E-state index contributed by atoms with van der Waals surface area (Å²) in [7, 11) is 0. The first-order valence-corrected chi connectivity index (χ1v) is 7.91. The lowest BCUT2D eigenvalue weighted by Crippen LogP contribution is -2.21. The molecule has 0 amide bonds. The molecule has 0 aliphatic rings. The van der Waals surface area contributed by atoms with E-state index in [9.17, 15) is 4.79 Å². The van der Waals surface area contributed by atoms with Gasteiger partial charge in [0.2, 0.25) is 0 Å². The molecule has 2 aromatic rings. The van der Waals surface area contributed by atoms with Crippen LogP contribution in [0.4, 0.5) is 0 Å². The van der Waals surface area contributed by atoms with Gasteiger partial charge in [-0.2, -0.15) is 0 Å². The molecule has 1 aromatic heterocycles. The first kappa shape index (κ1) is 16.1. The molecule has 112 valence electrons. The van der Waals surface area contributed by atoms with Crippen molar-refractivity contribution in [3.8, 4) is 0 Å². The summed E-state index contributed by atoms with van der Waals surface area (Å²) in [5.41, 5.74) is 1.61. The van der Waals surface area contributed by atoms with Crippen LogP contribution >= 0.6 is 23.4 Å². The minimum atomic E-state index is -0.145. The highest BCUT2D eigenvalue weighted by Crippen LogP contribution is 2.28. The molecule has 1 heterocycles. The lowest BCUT2D eigenvalue weighted by molar-refractivity contribution is 0.589. The third kappa shape index (κ3) is 4.88. The Hall–Kier alpha value is -1.30. The number of aromatic amines is 1. The maximum Gasteiger partial charge on any atom is 0.251 e. The van der Waals surface area contributed by atoms with Crippen molar-refractivity contribution in [3.63, 3.8) is 0 Å². The van der Waals surface area contributed by atoms with E-state index in [0.717, 1.165) is 17.0 Å².